The highest BCUT2D eigenvalue weighted by Gasteiger charge is 2.27. The zero-order valence-electron chi connectivity index (χ0n) is 14.6. The minimum absolute atomic E-state index is 0.0871. The van der Waals surface area contributed by atoms with Crippen molar-refractivity contribution in [2.75, 3.05) is 13.1 Å². The van der Waals surface area contributed by atoms with E-state index in [4.69, 9.17) is 10.3 Å². The van der Waals surface area contributed by atoms with Gasteiger partial charge in [-0.1, -0.05) is 5.16 Å². The first-order valence-corrected chi connectivity index (χ1v) is 7.87. The molecule has 8 heteroatoms. The van der Waals surface area contributed by atoms with Gasteiger partial charge in [-0.2, -0.15) is 0 Å². The van der Waals surface area contributed by atoms with E-state index in [0.29, 0.717) is 5.76 Å². The number of aryl methyl sites for hydroxylation is 1. The highest BCUT2D eigenvalue weighted by molar-refractivity contribution is 5.98. The van der Waals surface area contributed by atoms with Crippen LogP contribution in [0.4, 0.5) is 0 Å². The van der Waals surface area contributed by atoms with Crippen LogP contribution < -0.4 is 16.4 Å². The molecule has 0 radical (unpaired) electrons. The van der Waals surface area contributed by atoms with E-state index in [1.165, 1.54) is 6.07 Å². The Morgan fingerprint density at radius 3 is 2.46 bits per heavy atom. The number of nitrogens with one attached hydrogen (secondary N) is 2. The first-order valence-electron chi connectivity index (χ1n) is 7.87. The third kappa shape index (κ3) is 6.91. The average molecular weight is 338 g/mol. The van der Waals surface area contributed by atoms with Gasteiger partial charge in [-0.15, -0.1) is 0 Å². The van der Waals surface area contributed by atoms with E-state index in [1.807, 2.05) is 20.8 Å². The Morgan fingerprint density at radius 1 is 1.29 bits per heavy atom. The third-order valence-corrected chi connectivity index (χ3v) is 3.11. The Labute approximate surface area is 141 Å². The summed E-state index contributed by atoms with van der Waals surface area (Å²) < 4.78 is 4.87. The zero-order valence-corrected chi connectivity index (χ0v) is 14.6. The van der Waals surface area contributed by atoms with E-state index in [2.05, 4.69) is 15.8 Å². The first-order chi connectivity index (χ1) is 11.1. The van der Waals surface area contributed by atoms with E-state index in [9.17, 15) is 14.4 Å². The lowest BCUT2D eigenvalue weighted by Gasteiger charge is -2.22. The summed E-state index contributed by atoms with van der Waals surface area (Å²) in [4.78, 5) is 36.6. The number of ketones is 1. The molecule has 134 valence electrons. The van der Waals surface area contributed by atoms with E-state index in [-0.39, 0.29) is 49.2 Å². The summed E-state index contributed by atoms with van der Waals surface area (Å²) in [5.74, 6) is -1.29. The summed E-state index contributed by atoms with van der Waals surface area (Å²) in [6.45, 7) is 7.77. The van der Waals surface area contributed by atoms with Crippen molar-refractivity contribution in [1.82, 2.24) is 15.8 Å². The molecular formula is C16H26N4O4. The fourth-order valence-electron chi connectivity index (χ4n) is 2.12. The topological polar surface area (TPSA) is 127 Å². The second-order valence-electron chi connectivity index (χ2n) is 6.73. The fourth-order valence-corrected chi connectivity index (χ4v) is 2.12. The number of nitrogens with two attached hydrogens (primary N) is 1. The summed E-state index contributed by atoms with van der Waals surface area (Å²) >= 11 is 0. The smallest absolute Gasteiger partial charge is 0.224 e. The van der Waals surface area contributed by atoms with Crippen molar-refractivity contribution in [3.63, 3.8) is 0 Å². The number of Topliss-reactive ketones (excluding diaryl/α,β-unsaturated/α-hetero) is 1. The molecule has 0 saturated heterocycles. The Morgan fingerprint density at radius 2 is 1.96 bits per heavy atom. The molecule has 0 aliphatic heterocycles. The molecule has 4 N–H and O–H groups in total. The van der Waals surface area contributed by atoms with Crippen molar-refractivity contribution < 1.29 is 18.9 Å². The van der Waals surface area contributed by atoms with Crippen LogP contribution in [0.5, 0.6) is 0 Å². The van der Waals surface area contributed by atoms with Crippen LogP contribution in [0.1, 0.15) is 49.9 Å². The van der Waals surface area contributed by atoms with Gasteiger partial charge in [0.15, 0.2) is 5.78 Å². The standard InChI is InChI=1S/C16H26N4O4/c1-10-7-12(20-24-10)13(21)8-11(15(23)18-6-5-17)9-14(22)19-16(2,3)4/h7,11H,5-6,8-9,17H2,1-4H3,(H,18,23)(H,19,22)/t11-/m0/s1. The van der Waals surface area contributed by atoms with Gasteiger partial charge in [-0.05, 0) is 27.7 Å². The molecule has 1 aromatic rings. The summed E-state index contributed by atoms with van der Waals surface area (Å²) in [7, 11) is 0. The lowest BCUT2D eigenvalue weighted by Crippen LogP contribution is -2.43. The number of rotatable bonds is 8. The Kier molecular flexibility index (Phi) is 7.09. The predicted octanol–water partition coefficient (Wildman–Crippen LogP) is 0.552. The molecule has 0 aliphatic carbocycles. The van der Waals surface area contributed by atoms with Crippen LogP contribution in [0, 0.1) is 12.8 Å². The molecular weight excluding hydrogens is 312 g/mol. The van der Waals surface area contributed by atoms with Crippen molar-refractivity contribution in [2.24, 2.45) is 11.7 Å². The lowest BCUT2D eigenvalue weighted by atomic mass is 9.95. The first kappa shape index (κ1) is 19.8. The second kappa shape index (κ2) is 8.58. The van der Waals surface area contributed by atoms with Gasteiger partial charge in [0.2, 0.25) is 11.8 Å². The quantitative estimate of drug-likeness (QED) is 0.594. The highest BCUT2D eigenvalue weighted by atomic mass is 16.5. The summed E-state index contributed by atoms with van der Waals surface area (Å²) in [6, 6.07) is 1.51. The van der Waals surface area contributed by atoms with Gasteiger partial charge in [0.1, 0.15) is 11.5 Å². The number of amides is 2. The maximum absolute atomic E-state index is 12.3. The number of hydrogen-bond donors (Lipinski definition) is 3. The van der Waals surface area contributed by atoms with Crippen molar-refractivity contribution >= 4 is 17.6 Å². The minimum Gasteiger partial charge on any atom is -0.361 e. The van der Waals surface area contributed by atoms with Crippen LogP contribution in [0.25, 0.3) is 0 Å². The van der Waals surface area contributed by atoms with Gasteiger partial charge < -0.3 is 20.9 Å². The molecule has 2 amide bonds. The molecule has 0 unspecified atom stereocenters. The maximum atomic E-state index is 12.3. The van der Waals surface area contributed by atoms with Gasteiger partial charge in [0, 0.05) is 37.5 Å². The predicted molar refractivity (Wildman–Crippen MR) is 88.3 cm³/mol. The third-order valence-electron chi connectivity index (χ3n) is 3.11. The number of hydrogen-bond acceptors (Lipinski definition) is 6. The number of aromatic nitrogens is 1. The maximum Gasteiger partial charge on any atom is 0.224 e. The van der Waals surface area contributed by atoms with Crippen molar-refractivity contribution in [1.29, 1.82) is 0 Å². The summed E-state index contributed by atoms with van der Waals surface area (Å²) in [5.41, 5.74) is 5.11. The Balaban J connectivity index is 2.78. The second-order valence-corrected chi connectivity index (χ2v) is 6.73. The van der Waals surface area contributed by atoms with Crippen molar-refractivity contribution in [2.45, 2.75) is 46.1 Å². The van der Waals surface area contributed by atoms with Gasteiger partial charge in [0.05, 0.1) is 5.92 Å². The molecule has 1 atom stereocenters. The molecule has 0 spiro atoms. The van der Waals surface area contributed by atoms with E-state index in [0.717, 1.165) is 0 Å². The SMILES string of the molecule is Cc1cc(C(=O)C[C@@H](CC(=O)NC(C)(C)C)C(=O)NCCN)no1. The van der Waals surface area contributed by atoms with Crippen molar-refractivity contribution in [3.05, 3.63) is 17.5 Å². The van der Waals surface area contributed by atoms with E-state index in [1.54, 1.807) is 6.92 Å². The molecule has 0 aromatic carbocycles. The number of carbonyl (C=O) groups excluding carboxylic acids is 3. The molecule has 1 heterocycles. The van der Waals surface area contributed by atoms with Gasteiger partial charge in [-0.3, -0.25) is 14.4 Å². The zero-order chi connectivity index (χ0) is 18.3. The van der Waals surface area contributed by atoms with Gasteiger partial charge in [-0.25, -0.2) is 0 Å². The molecule has 0 bridgehead atoms. The van der Waals surface area contributed by atoms with Crippen molar-refractivity contribution in [3.8, 4) is 0 Å². The fraction of sp³-hybridized carbons (Fsp3) is 0.625. The minimum atomic E-state index is -0.789. The average Bonchev–Trinajstić information content (AvgIpc) is 2.88. The number of carbonyl (C=O) groups is 3. The Hall–Kier alpha value is -2.22. The Bertz CT molecular complexity index is 589. The van der Waals surface area contributed by atoms with Crippen LogP contribution in [-0.2, 0) is 9.59 Å². The summed E-state index contributed by atoms with van der Waals surface area (Å²) in [5, 5.41) is 9.06. The molecule has 1 rings (SSSR count). The van der Waals surface area contributed by atoms with Crippen LogP contribution in [0.15, 0.2) is 10.6 Å². The van der Waals surface area contributed by atoms with E-state index >= 15 is 0 Å². The number of nitrogens with zero attached hydrogens (tertiary/aromatic N) is 1. The largest absolute Gasteiger partial charge is 0.361 e. The van der Waals surface area contributed by atoms with Crippen LogP contribution in [0.3, 0.4) is 0 Å². The molecule has 8 nitrogen and oxygen atoms in total. The van der Waals surface area contributed by atoms with Gasteiger partial charge in [0.25, 0.3) is 0 Å². The summed E-state index contributed by atoms with van der Waals surface area (Å²) in [6.07, 6.45) is -0.212. The van der Waals surface area contributed by atoms with E-state index < -0.39 is 11.5 Å². The van der Waals surface area contributed by atoms with Crippen LogP contribution in [0.2, 0.25) is 0 Å². The molecule has 0 aliphatic rings. The van der Waals surface area contributed by atoms with Crippen LogP contribution >= 0.6 is 0 Å². The molecule has 24 heavy (non-hydrogen) atoms. The molecule has 1 aromatic heterocycles. The molecule has 0 fully saturated rings. The normalized spacial score (nSPS) is 12.5. The monoisotopic (exact) mass is 338 g/mol. The molecule has 0 saturated carbocycles. The highest BCUT2D eigenvalue weighted by Crippen LogP contribution is 2.15. The lowest BCUT2D eigenvalue weighted by molar-refractivity contribution is -0.130. The van der Waals surface area contributed by atoms with Crippen LogP contribution in [-0.4, -0.2) is 41.4 Å². The van der Waals surface area contributed by atoms with Gasteiger partial charge >= 0.3 is 0 Å².